The van der Waals surface area contributed by atoms with E-state index in [9.17, 15) is 18.0 Å². The van der Waals surface area contributed by atoms with Crippen LogP contribution in [-0.2, 0) is 11.0 Å². The molecule has 0 aliphatic carbocycles. The largest absolute Gasteiger partial charge is 0.462 e. The summed E-state index contributed by atoms with van der Waals surface area (Å²) in [4.78, 5) is 11.7. The van der Waals surface area contributed by atoms with Gasteiger partial charge in [0.15, 0.2) is 0 Å². The average Bonchev–Trinajstić information content (AvgIpc) is 2.83. The van der Waals surface area contributed by atoms with E-state index in [-0.39, 0.29) is 10.7 Å². The Labute approximate surface area is 129 Å². The number of benzene rings is 1. The molecular formula is C15H11ClF3NO2. The van der Waals surface area contributed by atoms with E-state index in [1.807, 2.05) is 0 Å². The summed E-state index contributed by atoms with van der Waals surface area (Å²) in [6.45, 7) is 1.75. The first kappa shape index (κ1) is 16.2. The van der Waals surface area contributed by atoms with Crippen molar-refractivity contribution in [2.45, 2.75) is 13.1 Å². The standard InChI is InChI=1S/C15H11ClF3NO2/c1-9-2-4-11(22-9)5-7-14(21)20-13-8-10(15(17,18)19)3-6-12(13)16/h2-8H,1H3,(H,20,21)/b7-5+. The van der Waals surface area contributed by atoms with Crippen LogP contribution in [0, 0.1) is 6.92 Å². The number of carbonyl (C=O) groups excluding carboxylic acids is 1. The van der Waals surface area contributed by atoms with Gasteiger partial charge in [0.25, 0.3) is 0 Å². The molecule has 0 unspecified atom stereocenters. The zero-order valence-electron chi connectivity index (χ0n) is 11.4. The monoisotopic (exact) mass is 329 g/mol. The van der Waals surface area contributed by atoms with Gasteiger partial charge >= 0.3 is 6.18 Å². The van der Waals surface area contributed by atoms with E-state index in [1.165, 1.54) is 6.08 Å². The molecule has 116 valence electrons. The number of carbonyl (C=O) groups is 1. The quantitative estimate of drug-likeness (QED) is 0.813. The van der Waals surface area contributed by atoms with Crippen LogP contribution in [0.4, 0.5) is 18.9 Å². The Kier molecular flexibility index (Phi) is 4.61. The second kappa shape index (κ2) is 6.27. The Balaban J connectivity index is 2.13. The van der Waals surface area contributed by atoms with Crippen molar-refractivity contribution < 1.29 is 22.4 Å². The molecule has 22 heavy (non-hydrogen) atoms. The third-order valence-corrected chi connectivity index (χ3v) is 3.04. The molecule has 0 aliphatic rings. The van der Waals surface area contributed by atoms with Crippen LogP contribution in [0.2, 0.25) is 5.02 Å². The Morgan fingerprint density at radius 2 is 2.00 bits per heavy atom. The number of aryl methyl sites for hydroxylation is 1. The Morgan fingerprint density at radius 3 is 2.59 bits per heavy atom. The van der Waals surface area contributed by atoms with E-state index in [0.717, 1.165) is 24.3 Å². The topological polar surface area (TPSA) is 42.2 Å². The maximum atomic E-state index is 12.6. The van der Waals surface area contributed by atoms with Gasteiger partial charge in [0, 0.05) is 6.08 Å². The lowest BCUT2D eigenvalue weighted by molar-refractivity contribution is -0.137. The third kappa shape index (κ3) is 4.14. The molecule has 1 amide bonds. The number of furan rings is 1. The Hall–Kier alpha value is -2.21. The lowest BCUT2D eigenvalue weighted by Crippen LogP contribution is -2.10. The molecule has 3 nitrogen and oxygen atoms in total. The number of hydrogen-bond acceptors (Lipinski definition) is 2. The predicted octanol–water partition coefficient (Wildman–Crippen LogP) is 4.91. The molecule has 0 atom stereocenters. The summed E-state index contributed by atoms with van der Waals surface area (Å²) in [6.07, 6.45) is -1.95. The molecule has 2 rings (SSSR count). The highest BCUT2D eigenvalue weighted by Gasteiger charge is 2.31. The van der Waals surface area contributed by atoms with Crippen molar-refractivity contribution in [2.75, 3.05) is 5.32 Å². The number of hydrogen-bond donors (Lipinski definition) is 1. The zero-order chi connectivity index (χ0) is 16.3. The number of amides is 1. The molecule has 1 N–H and O–H groups in total. The fourth-order valence-electron chi connectivity index (χ4n) is 1.67. The summed E-state index contributed by atoms with van der Waals surface area (Å²) in [5, 5.41) is 2.32. The van der Waals surface area contributed by atoms with E-state index in [4.69, 9.17) is 16.0 Å². The van der Waals surface area contributed by atoms with Crippen LogP contribution in [0.15, 0.2) is 40.8 Å². The van der Waals surface area contributed by atoms with Gasteiger partial charge in [-0.2, -0.15) is 13.2 Å². The van der Waals surface area contributed by atoms with E-state index >= 15 is 0 Å². The maximum Gasteiger partial charge on any atom is 0.416 e. The summed E-state index contributed by atoms with van der Waals surface area (Å²) in [5.41, 5.74) is -1.00. The Morgan fingerprint density at radius 1 is 1.27 bits per heavy atom. The van der Waals surface area contributed by atoms with Gasteiger partial charge in [-0.25, -0.2) is 0 Å². The minimum atomic E-state index is -4.51. The molecule has 1 aromatic carbocycles. The number of anilines is 1. The first-order valence-electron chi connectivity index (χ1n) is 6.18. The van der Waals surface area contributed by atoms with E-state index in [1.54, 1.807) is 19.1 Å². The minimum absolute atomic E-state index is 0.0172. The van der Waals surface area contributed by atoms with Crippen molar-refractivity contribution in [3.63, 3.8) is 0 Å². The molecule has 0 fully saturated rings. The van der Waals surface area contributed by atoms with Crippen LogP contribution in [0.3, 0.4) is 0 Å². The van der Waals surface area contributed by atoms with Crippen LogP contribution in [0.25, 0.3) is 6.08 Å². The molecule has 0 saturated heterocycles. The molecule has 0 aliphatic heterocycles. The van der Waals surface area contributed by atoms with Crippen LogP contribution in [0.5, 0.6) is 0 Å². The number of rotatable bonds is 3. The fraction of sp³-hybridized carbons (Fsp3) is 0.133. The normalized spacial score (nSPS) is 11.9. The molecule has 1 heterocycles. The second-order valence-electron chi connectivity index (χ2n) is 4.46. The summed E-state index contributed by atoms with van der Waals surface area (Å²) in [5.74, 6) is 0.527. The maximum absolute atomic E-state index is 12.6. The third-order valence-electron chi connectivity index (χ3n) is 2.71. The average molecular weight is 330 g/mol. The van der Waals surface area contributed by atoms with Crippen molar-refractivity contribution in [3.8, 4) is 0 Å². The van der Waals surface area contributed by atoms with Crippen LogP contribution in [-0.4, -0.2) is 5.91 Å². The highest BCUT2D eigenvalue weighted by Crippen LogP contribution is 2.33. The van der Waals surface area contributed by atoms with Crippen LogP contribution in [0.1, 0.15) is 17.1 Å². The van der Waals surface area contributed by atoms with Crippen molar-refractivity contribution in [1.29, 1.82) is 0 Å². The first-order chi connectivity index (χ1) is 10.3. The van der Waals surface area contributed by atoms with Crippen molar-refractivity contribution in [3.05, 3.63) is 58.5 Å². The lowest BCUT2D eigenvalue weighted by Gasteiger charge is -2.10. The molecular weight excluding hydrogens is 319 g/mol. The summed E-state index contributed by atoms with van der Waals surface area (Å²) in [6, 6.07) is 6.10. The molecule has 2 aromatic rings. The molecule has 0 bridgehead atoms. The molecule has 0 spiro atoms. The van der Waals surface area contributed by atoms with E-state index < -0.39 is 17.6 Å². The zero-order valence-corrected chi connectivity index (χ0v) is 12.1. The predicted molar refractivity (Wildman–Crippen MR) is 77.6 cm³/mol. The van der Waals surface area contributed by atoms with Gasteiger partial charge < -0.3 is 9.73 Å². The van der Waals surface area contributed by atoms with Gasteiger partial charge in [-0.1, -0.05) is 11.6 Å². The van der Waals surface area contributed by atoms with E-state index in [0.29, 0.717) is 11.5 Å². The second-order valence-corrected chi connectivity index (χ2v) is 4.87. The van der Waals surface area contributed by atoms with Crippen molar-refractivity contribution in [2.24, 2.45) is 0 Å². The van der Waals surface area contributed by atoms with Crippen molar-refractivity contribution in [1.82, 2.24) is 0 Å². The van der Waals surface area contributed by atoms with Crippen LogP contribution >= 0.6 is 11.6 Å². The lowest BCUT2D eigenvalue weighted by atomic mass is 10.2. The number of alkyl halides is 3. The van der Waals surface area contributed by atoms with Gasteiger partial charge in [-0.05, 0) is 43.3 Å². The summed E-state index contributed by atoms with van der Waals surface area (Å²) < 4.78 is 43.1. The highest BCUT2D eigenvalue weighted by molar-refractivity contribution is 6.33. The van der Waals surface area contributed by atoms with Gasteiger partial charge in [-0.3, -0.25) is 4.79 Å². The SMILES string of the molecule is Cc1ccc(/C=C/C(=O)Nc2cc(C(F)(F)F)ccc2Cl)o1. The molecule has 7 heteroatoms. The molecule has 1 aromatic heterocycles. The first-order valence-corrected chi connectivity index (χ1v) is 6.56. The summed E-state index contributed by atoms with van der Waals surface area (Å²) in [7, 11) is 0. The van der Waals surface area contributed by atoms with Gasteiger partial charge in [0.1, 0.15) is 11.5 Å². The number of nitrogens with one attached hydrogen (secondary N) is 1. The van der Waals surface area contributed by atoms with Gasteiger partial charge in [0.2, 0.25) is 5.91 Å². The summed E-state index contributed by atoms with van der Waals surface area (Å²) >= 11 is 5.79. The minimum Gasteiger partial charge on any atom is -0.462 e. The molecule has 0 saturated carbocycles. The van der Waals surface area contributed by atoms with Crippen LogP contribution < -0.4 is 5.32 Å². The molecule has 0 radical (unpaired) electrons. The number of halogens is 4. The van der Waals surface area contributed by atoms with Gasteiger partial charge in [-0.15, -0.1) is 0 Å². The highest BCUT2D eigenvalue weighted by atomic mass is 35.5. The Bertz CT molecular complexity index is 720. The fourth-order valence-corrected chi connectivity index (χ4v) is 1.84. The van der Waals surface area contributed by atoms with Gasteiger partial charge in [0.05, 0.1) is 16.3 Å². The van der Waals surface area contributed by atoms with Crippen molar-refractivity contribution >= 4 is 29.3 Å². The smallest absolute Gasteiger partial charge is 0.416 e. The van der Waals surface area contributed by atoms with E-state index in [2.05, 4.69) is 5.32 Å².